The van der Waals surface area contributed by atoms with E-state index >= 15 is 0 Å². The highest BCUT2D eigenvalue weighted by Gasteiger charge is 2.45. The van der Waals surface area contributed by atoms with Crippen LogP contribution >= 0.6 is 12.4 Å². The molecular formula is C12H16ClFN2O2. The Morgan fingerprint density at radius 1 is 1.56 bits per heavy atom. The van der Waals surface area contributed by atoms with Crippen molar-refractivity contribution in [3.63, 3.8) is 0 Å². The molecule has 2 rings (SSSR count). The van der Waals surface area contributed by atoms with Gasteiger partial charge in [0.25, 0.3) is 0 Å². The lowest BCUT2D eigenvalue weighted by molar-refractivity contribution is -0.123. The lowest BCUT2D eigenvalue weighted by Gasteiger charge is -2.10. The number of nitrogens with two attached hydrogens (primary N) is 1. The van der Waals surface area contributed by atoms with Gasteiger partial charge in [-0.1, -0.05) is 6.07 Å². The molecule has 0 spiro atoms. The van der Waals surface area contributed by atoms with Crippen LogP contribution < -0.4 is 15.8 Å². The topological polar surface area (TPSA) is 64.3 Å². The van der Waals surface area contributed by atoms with Crippen molar-refractivity contribution in [2.75, 3.05) is 7.11 Å². The van der Waals surface area contributed by atoms with Crippen LogP contribution in [0, 0.1) is 5.82 Å². The molecule has 1 amide bonds. The third kappa shape index (κ3) is 3.11. The van der Waals surface area contributed by atoms with Crippen LogP contribution in [0.25, 0.3) is 0 Å². The van der Waals surface area contributed by atoms with E-state index in [-0.39, 0.29) is 30.6 Å². The molecule has 18 heavy (non-hydrogen) atoms. The Kier molecular flexibility index (Phi) is 4.53. The molecule has 1 aliphatic carbocycles. The SMILES string of the molecule is COc1ccc(CNC(=O)C2(N)CC2)cc1F.Cl. The Hall–Kier alpha value is -1.33. The first-order chi connectivity index (χ1) is 8.05. The van der Waals surface area contributed by atoms with Crippen LogP contribution in [0.4, 0.5) is 4.39 Å². The Bertz CT molecular complexity index is 450. The summed E-state index contributed by atoms with van der Waals surface area (Å²) in [6, 6.07) is 4.58. The number of carbonyl (C=O) groups excluding carboxylic acids is 1. The first-order valence-corrected chi connectivity index (χ1v) is 5.45. The second-order valence-corrected chi connectivity index (χ2v) is 4.31. The summed E-state index contributed by atoms with van der Waals surface area (Å²) in [5, 5.41) is 2.69. The maximum atomic E-state index is 13.4. The molecule has 0 radical (unpaired) electrons. The summed E-state index contributed by atoms with van der Waals surface area (Å²) in [5.74, 6) is -0.417. The number of rotatable bonds is 4. The van der Waals surface area contributed by atoms with Gasteiger partial charge in [0, 0.05) is 6.54 Å². The van der Waals surface area contributed by atoms with Gasteiger partial charge in [0.05, 0.1) is 12.6 Å². The third-order valence-electron chi connectivity index (χ3n) is 2.91. The summed E-state index contributed by atoms with van der Waals surface area (Å²) in [7, 11) is 1.41. The monoisotopic (exact) mass is 274 g/mol. The van der Waals surface area contributed by atoms with E-state index in [1.807, 2.05) is 0 Å². The average Bonchev–Trinajstić information content (AvgIpc) is 3.06. The smallest absolute Gasteiger partial charge is 0.240 e. The van der Waals surface area contributed by atoms with E-state index in [2.05, 4.69) is 5.32 Å². The Balaban J connectivity index is 0.00000162. The van der Waals surface area contributed by atoms with Crippen molar-refractivity contribution in [1.29, 1.82) is 0 Å². The van der Waals surface area contributed by atoms with Crippen molar-refractivity contribution >= 4 is 18.3 Å². The van der Waals surface area contributed by atoms with Gasteiger partial charge in [0.15, 0.2) is 11.6 Å². The van der Waals surface area contributed by atoms with Crippen LogP contribution in [0.1, 0.15) is 18.4 Å². The normalized spacial score (nSPS) is 15.5. The van der Waals surface area contributed by atoms with Gasteiger partial charge in [-0.2, -0.15) is 0 Å². The maximum absolute atomic E-state index is 13.4. The molecule has 0 aromatic heterocycles. The number of carbonyl (C=O) groups is 1. The summed E-state index contributed by atoms with van der Waals surface area (Å²) in [5.41, 5.74) is 5.72. The van der Waals surface area contributed by atoms with Gasteiger partial charge in [0.2, 0.25) is 5.91 Å². The summed E-state index contributed by atoms with van der Waals surface area (Å²) >= 11 is 0. The number of benzene rings is 1. The van der Waals surface area contributed by atoms with Crippen molar-refractivity contribution in [2.24, 2.45) is 5.73 Å². The highest BCUT2D eigenvalue weighted by atomic mass is 35.5. The van der Waals surface area contributed by atoms with E-state index in [0.717, 1.165) is 12.8 Å². The molecule has 0 aliphatic heterocycles. The summed E-state index contributed by atoms with van der Waals surface area (Å²) in [6.07, 6.45) is 1.44. The lowest BCUT2D eigenvalue weighted by atomic mass is 10.2. The number of methoxy groups -OCH3 is 1. The van der Waals surface area contributed by atoms with Crippen molar-refractivity contribution in [3.05, 3.63) is 29.6 Å². The summed E-state index contributed by atoms with van der Waals surface area (Å²) in [4.78, 5) is 11.6. The summed E-state index contributed by atoms with van der Waals surface area (Å²) in [6.45, 7) is 0.276. The second kappa shape index (κ2) is 5.54. The van der Waals surface area contributed by atoms with Crippen LogP contribution in [0.3, 0.4) is 0 Å². The van der Waals surface area contributed by atoms with Crippen LogP contribution in [0.5, 0.6) is 5.75 Å². The predicted molar refractivity (Wildman–Crippen MR) is 68.2 cm³/mol. The van der Waals surface area contributed by atoms with Crippen molar-refractivity contribution < 1.29 is 13.9 Å². The van der Waals surface area contributed by atoms with E-state index < -0.39 is 11.4 Å². The molecule has 1 aromatic carbocycles. The average molecular weight is 275 g/mol. The molecule has 1 fully saturated rings. The van der Waals surface area contributed by atoms with Crippen molar-refractivity contribution in [3.8, 4) is 5.75 Å². The first-order valence-electron chi connectivity index (χ1n) is 5.45. The van der Waals surface area contributed by atoms with E-state index in [9.17, 15) is 9.18 Å². The molecule has 6 heteroatoms. The number of nitrogens with one attached hydrogen (secondary N) is 1. The van der Waals surface area contributed by atoms with Crippen LogP contribution in [0.2, 0.25) is 0 Å². The van der Waals surface area contributed by atoms with Gasteiger partial charge in [-0.15, -0.1) is 12.4 Å². The number of halogens is 2. The fourth-order valence-corrected chi connectivity index (χ4v) is 1.54. The molecule has 3 N–H and O–H groups in total. The zero-order chi connectivity index (χ0) is 12.5. The zero-order valence-corrected chi connectivity index (χ0v) is 10.8. The second-order valence-electron chi connectivity index (χ2n) is 4.31. The van der Waals surface area contributed by atoms with Crippen LogP contribution in [0.15, 0.2) is 18.2 Å². The number of hydrogen-bond donors (Lipinski definition) is 2. The zero-order valence-electron chi connectivity index (χ0n) is 10.0. The van der Waals surface area contributed by atoms with Gasteiger partial charge >= 0.3 is 0 Å². The molecule has 0 saturated heterocycles. The molecule has 0 atom stereocenters. The number of hydrogen-bond acceptors (Lipinski definition) is 3. The molecule has 0 unspecified atom stereocenters. The van der Waals surface area contributed by atoms with Gasteiger partial charge in [-0.25, -0.2) is 4.39 Å². The van der Waals surface area contributed by atoms with Crippen molar-refractivity contribution in [1.82, 2.24) is 5.32 Å². The molecule has 0 heterocycles. The minimum Gasteiger partial charge on any atom is -0.494 e. The van der Waals surface area contributed by atoms with Gasteiger partial charge in [-0.05, 0) is 30.5 Å². The van der Waals surface area contributed by atoms with E-state index in [0.29, 0.717) is 5.56 Å². The quantitative estimate of drug-likeness (QED) is 0.871. The predicted octanol–water partition coefficient (Wildman–Crippen LogP) is 1.36. The highest BCUT2D eigenvalue weighted by Crippen LogP contribution is 2.32. The maximum Gasteiger partial charge on any atom is 0.240 e. The lowest BCUT2D eigenvalue weighted by Crippen LogP contribution is -2.42. The Labute approximate surface area is 111 Å². The minimum absolute atomic E-state index is 0. The fraction of sp³-hybridized carbons (Fsp3) is 0.417. The van der Waals surface area contributed by atoms with Crippen LogP contribution in [-0.2, 0) is 11.3 Å². The molecule has 4 nitrogen and oxygen atoms in total. The molecule has 100 valence electrons. The molecule has 1 saturated carbocycles. The van der Waals surface area contributed by atoms with Gasteiger partial charge in [0.1, 0.15) is 0 Å². The van der Waals surface area contributed by atoms with E-state index in [4.69, 9.17) is 10.5 Å². The summed E-state index contributed by atoms with van der Waals surface area (Å²) < 4.78 is 18.2. The molecule has 1 aromatic rings. The standard InChI is InChI=1S/C12H15FN2O2.ClH/c1-17-10-3-2-8(6-9(10)13)7-15-11(16)12(14)4-5-12;/h2-3,6H,4-5,7,14H2,1H3,(H,15,16);1H. The van der Waals surface area contributed by atoms with Gasteiger partial charge < -0.3 is 15.8 Å². The third-order valence-corrected chi connectivity index (χ3v) is 2.91. The fourth-order valence-electron chi connectivity index (χ4n) is 1.54. The minimum atomic E-state index is -0.689. The van der Waals surface area contributed by atoms with Crippen molar-refractivity contribution in [2.45, 2.75) is 24.9 Å². The van der Waals surface area contributed by atoms with E-state index in [1.54, 1.807) is 6.07 Å². The Morgan fingerprint density at radius 2 is 2.22 bits per heavy atom. The number of ether oxygens (including phenoxy) is 1. The Morgan fingerprint density at radius 3 is 2.72 bits per heavy atom. The van der Waals surface area contributed by atoms with E-state index in [1.165, 1.54) is 19.2 Å². The molecule has 1 aliphatic rings. The molecule has 0 bridgehead atoms. The highest BCUT2D eigenvalue weighted by molar-refractivity contribution is 5.88. The largest absolute Gasteiger partial charge is 0.494 e. The number of amides is 1. The van der Waals surface area contributed by atoms with Gasteiger partial charge in [-0.3, -0.25) is 4.79 Å². The van der Waals surface area contributed by atoms with Crippen LogP contribution in [-0.4, -0.2) is 18.6 Å². The molecular weight excluding hydrogens is 259 g/mol. The first kappa shape index (κ1) is 14.7.